The summed E-state index contributed by atoms with van der Waals surface area (Å²) in [4.78, 5) is 0. The summed E-state index contributed by atoms with van der Waals surface area (Å²) in [5, 5.41) is 14.1. The molecule has 2 aromatic rings. The van der Waals surface area contributed by atoms with Gasteiger partial charge in [0.1, 0.15) is 6.29 Å². The quantitative estimate of drug-likeness (QED) is 0.195. The minimum atomic E-state index is -1.58. The van der Waals surface area contributed by atoms with Crippen LogP contribution in [-0.4, -0.2) is 66.4 Å². The molecule has 0 amide bonds. The molecular formula is C48H73LiO5Si2. The van der Waals surface area contributed by atoms with Gasteiger partial charge in [0.2, 0.25) is 0 Å². The van der Waals surface area contributed by atoms with E-state index >= 15 is 0 Å². The van der Waals surface area contributed by atoms with Crippen molar-refractivity contribution in [2.75, 3.05) is 26.4 Å². The van der Waals surface area contributed by atoms with Gasteiger partial charge in [-0.15, -0.1) is 6.42 Å². The minimum absolute atomic E-state index is 0. The summed E-state index contributed by atoms with van der Waals surface area (Å²) >= 11 is 0. The number of aliphatic hydroxyl groups is 1. The van der Waals surface area contributed by atoms with Gasteiger partial charge in [-0.25, -0.2) is 0 Å². The van der Waals surface area contributed by atoms with Crippen molar-refractivity contribution in [2.24, 2.45) is 29.1 Å². The number of aliphatic hydroxyl groups excluding tert-OH is 1. The van der Waals surface area contributed by atoms with Crippen LogP contribution < -0.4 is 18.9 Å². The number of ether oxygens (including phenoxy) is 4. The summed E-state index contributed by atoms with van der Waals surface area (Å²) in [5.41, 5.74) is 5.02. The summed E-state index contributed by atoms with van der Waals surface area (Å²) < 4.78 is 21.6. The molecule has 6 atom stereocenters. The Hall–Kier alpha value is -1.25. The maximum Gasteiger partial charge on any atom is 1.00 e. The summed E-state index contributed by atoms with van der Waals surface area (Å²) in [6.07, 6.45) is 16.0. The molecule has 2 heterocycles. The molecule has 4 fully saturated rings. The van der Waals surface area contributed by atoms with Gasteiger partial charge in [0.05, 0.1) is 48.7 Å². The molecule has 5 nitrogen and oxygen atoms in total. The van der Waals surface area contributed by atoms with Gasteiger partial charge in [-0.1, -0.05) is 147 Å². The van der Waals surface area contributed by atoms with Crippen LogP contribution in [0.25, 0.3) is 0 Å². The first kappa shape index (κ1) is 45.8. The molecule has 8 heteroatoms. The number of hydrogen-bond donors (Lipinski definition) is 1. The van der Waals surface area contributed by atoms with E-state index in [9.17, 15) is 5.11 Å². The van der Waals surface area contributed by atoms with Crippen LogP contribution in [-0.2, 0) is 31.0 Å². The Morgan fingerprint density at radius 1 is 0.750 bits per heavy atom. The number of fused-ring (bicyclic) bond motifs is 2. The molecule has 2 aliphatic heterocycles. The SMILES string of the molecule is C[C@@H]1CCCC2=C([Si](C)(C)Cc3ccccc3)[C@@H](O)C[C@H]21.C[C@@H]1CCC[C@]2(CCC3OCCO3)C([Si](C)(C)Cc3ccccc3)=CC[C@@H]12.[CH2-]CC1OCCO1.[Li+]. The fourth-order valence-electron chi connectivity index (χ4n) is 11.7. The van der Waals surface area contributed by atoms with Crippen molar-refractivity contribution in [1.82, 2.24) is 0 Å². The van der Waals surface area contributed by atoms with E-state index < -0.39 is 16.1 Å². The van der Waals surface area contributed by atoms with Crippen molar-refractivity contribution in [3.05, 3.63) is 101 Å². The van der Waals surface area contributed by atoms with Crippen LogP contribution >= 0.6 is 0 Å². The van der Waals surface area contributed by atoms with Gasteiger partial charge in [0.15, 0.2) is 6.29 Å². The zero-order valence-corrected chi connectivity index (χ0v) is 38.2. The average Bonchev–Trinajstić information content (AvgIpc) is 3.99. The zero-order chi connectivity index (χ0) is 39.1. The molecule has 0 spiro atoms. The third-order valence-corrected chi connectivity index (χ3v) is 20.9. The van der Waals surface area contributed by atoms with E-state index in [0.29, 0.717) is 11.3 Å². The van der Waals surface area contributed by atoms with Gasteiger partial charge >= 0.3 is 18.9 Å². The Kier molecular flexibility index (Phi) is 17.0. The molecule has 2 aromatic carbocycles. The van der Waals surface area contributed by atoms with Crippen molar-refractivity contribution >= 4 is 16.1 Å². The van der Waals surface area contributed by atoms with Gasteiger partial charge in [0, 0.05) is 0 Å². The number of allylic oxidation sites excluding steroid dienone is 3. The van der Waals surface area contributed by atoms with Gasteiger partial charge in [-0.3, -0.25) is 0 Å². The van der Waals surface area contributed by atoms with Crippen molar-refractivity contribution in [3.63, 3.8) is 0 Å². The normalized spacial score (nSPS) is 29.4. The van der Waals surface area contributed by atoms with Crippen LogP contribution in [0.1, 0.15) is 95.6 Å². The number of benzene rings is 2. The van der Waals surface area contributed by atoms with Gasteiger partial charge in [0.25, 0.3) is 0 Å². The molecule has 0 aromatic heterocycles. The molecule has 2 saturated carbocycles. The number of rotatable bonds is 10. The Labute approximate surface area is 355 Å². The fraction of sp³-hybridized carbons (Fsp3) is 0.646. The molecule has 4 aliphatic carbocycles. The Balaban J connectivity index is 0.000000183. The van der Waals surface area contributed by atoms with E-state index in [2.05, 4.69) is 114 Å². The second-order valence-corrected chi connectivity index (χ2v) is 28.2. The zero-order valence-electron chi connectivity index (χ0n) is 36.2. The van der Waals surface area contributed by atoms with Gasteiger partial charge < -0.3 is 31.0 Å². The van der Waals surface area contributed by atoms with Crippen molar-refractivity contribution < 1.29 is 42.9 Å². The van der Waals surface area contributed by atoms with E-state index in [1.165, 1.54) is 73.7 Å². The molecule has 0 unspecified atom stereocenters. The van der Waals surface area contributed by atoms with Crippen LogP contribution in [0.15, 0.2) is 82.7 Å². The van der Waals surface area contributed by atoms with E-state index in [1.807, 2.05) is 5.20 Å². The Morgan fingerprint density at radius 2 is 1.30 bits per heavy atom. The van der Waals surface area contributed by atoms with Gasteiger partial charge in [-0.2, -0.15) is 0 Å². The van der Waals surface area contributed by atoms with Crippen LogP contribution in [0.5, 0.6) is 0 Å². The van der Waals surface area contributed by atoms with Crippen molar-refractivity contribution in [2.45, 2.75) is 141 Å². The van der Waals surface area contributed by atoms with Crippen LogP contribution in [0, 0.1) is 36.0 Å². The fourth-order valence-corrected chi connectivity index (χ4v) is 19.3. The van der Waals surface area contributed by atoms with E-state index in [1.54, 1.807) is 5.57 Å². The summed E-state index contributed by atoms with van der Waals surface area (Å²) in [5.74, 6) is 3.12. The second kappa shape index (κ2) is 20.8. The molecule has 6 aliphatic rings. The molecule has 8 rings (SSSR count). The molecule has 2 saturated heterocycles. The minimum Gasteiger partial charge on any atom is -0.389 e. The van der Waals surface area contributed by atoms with Crippen LogP contribution in [0.4, 0.5) is 0 Å². The molecule has 0 bridgehead atoms. The van der Waals surface area contributed by atoms with Crippen molar-refractivity contribution in [1.29, 1.82) is 0 Å². The third-order valence-electron chi connectivity index (χ3n) is 14.1. The summed E-state index contributed by atoms with van der Waals surface area (Å²) in [6, 6.07) is 24.4. The Bertz CT molecular complexity index is 1550. The second-order valence-electron chi connectivity index (χ2n) is 18.9. The first-order valence-corrected chi connectivity index (χ1v) is 28.3. The predicted molar refractivity (Wildman–Crippen MR) is 232 cm³/mol. The maximum absolute atomic E-state index is 10.7. The molecule has 56 heavy (non-hydrogen) atoms. The third kappa shape index (κ3) is 11.1. The maximum atomic E-state index is 10.7. The number of hydrogen-bond acceptors (Lipinski definition) is 5. The van der Waals surface area contributed by atoms with Gasteiger partial charge in [-0.05, 0) is 92.5 Å². The molecule has 0 radical (unpaired) electrons. The van der Waals surface area contributed by atoms with Crippen molar-refractivity contribution in [3.8, 4) is 0 Å². The predicted octanol–water partition coefficient (Wildman–Crippen LogP) is 8.02. The average molecular weight is 793 g/mol. The standard InChI is InChI=1S/C24H36O2Si.C19H28OSi.C5H9O2.Li/c1-19-8-7-14-24(15-13-23-25-16-17-26-23)21(19)11-12-22(24)27(2,3)18-20-9-5-4-6-10-20;1-14-8-7-11-16-17(14)12-18(20)19(16)21(2,3)13-15-9-5-4-6-10-15;1-2-5-6-3-4-7-5;/h4-6,9-10,12,19,21,23H,7-8,11,13-18H2,1-3H3;4-6,9-10,14,17-18,20H,7-8,11-13H2,1-3H3;5H,1-4H2;/q;;-1;+1/t19-,21+,24-;14-,17+,18+;;/m11../s1. The van der Waals surface area contributed by atoms with E-state index in [4.69, 9.17) is 18.9 Å². The van der Waals surface area contributed by atoms with Crippen LogP contribution in [0.2, 0.25) is 26.2 Å². The smallest absolute Gasteiger partial charge is 0.389 e. The monoisotopic (exact) mass is 793 g/mol. The first-order chi connectivity index (χ1) is 26.4. The molecule has 304 valence electrons. The summed E-state index contributed by atoms with van der Waals surface area (Å²) in [6.45, 7) is 21.6. The molecule has 1 N–H and O–H groups in total. The molecular weight excluding hydrogens is 720 g/mol. The largest absolute Gasteiger partial charge is 1.00 e. The van der Waals surface area contributed by atoms with Crippen LogP contribution in [0.3, 0.4) is 0 Å². The Morgan fingerprint density at radius 3 is 1.88 bits per heavy atom. The van der Waals surface area contributed by atoms with E-state index in [-0.39, 0.29) is 37.5 Å². The first-order valence-electron chi connectivity index (χ1n) is 21.9. The van der Waals surface area contributed by atoms with E-state index in [0.717, 1.165) is 69.5 Å². The summed E-state index contributed by atoms with van der Waals surface area (Å²) in [7, 11) is -3.10. The topological polar surface area (TPSA) is 57.2 Å².